The van der Waals surface area contributed by atoms with Gasteiger partial charge in [-0.2, -0.15) is 5.10 Å². The zero-order chi connectivity index (χ0) is 20.7. The highest BCUT2D eigenvalue weighted by Gasteiger charge is 2.40. The lowest BCUT2D eigenvalue weighted by Crippen LogP contribution is -2.53. The first-order valence-corrected chi connectivity index (χ1v) is 10.4. The number of ether oxygens (including phenoxy) is 1. The predicted molar refractivity (Wildman–Crippen MR) is 113 cm³/mol. The van der Waals surface area contributed by atoms with Crippen LogP contribution in [0, 0.1) is 6.92 Å². The van der Waals surface area contributed by atoms with E-state index in [4.69, 9.17) is 9.57 Å². The van der Waals surface area contributed by atoms with Gasteiger partial charge in [0.1, 0.15) is 11.4 Å². The fourth-order valence-electron chi connectivity index (χ4n) is 4.74. The number of pyridine rings is 1. The molecule has 156 valence electrons. The highest BCUT2D eigenvalue weighted by atomic mass is 16.6. The summed E-state index contributed by atoms with van der Waals surface area (Å²) in [5.74, 6) is 0.970. The fraction of sp³-hybridized carbons (Fsp3) is 0.391. The van der Waals surface area contributed by atoms with Crippen LogP contribution < -0.4 is 10.2 Å². The number of aryl methyl sites for hydroxylation is 2. The van der Waals surface area contributed by atoms with Crippen molar-refractivity contribution in [3.05, 3.63) is 53.9 Å². The molecule has 0 aliphatic carbocycles. The van der Waals surface area contributed by atoms with Crippen molar-refractivity contribution in [3.8, 4) is 16.9 Å². The summed E-state index contributed by atoms with van der Waals surface area (Å²) >= 11 is 0. The summed E-state index contributed by atoms with van der Waals surface area (Å²) in [6, 6.07) is 12.6. The molecule has 30 heavy (non-hydrogen) atoms. The highest BCUT2D eigenvalue weighted by molar-refractivity contribution is 5.73. The van der Waals surface area contributed by atoms with Gasteiger partial charge in [-0.3, -0.25) is 4.84 Å². The molecule has 7 nitrogen and oxygen atoms in total. The Morgan fingerprint density at radius 1 is 1.17 bits per heavy atom. The standard InChI is InChI=1S/C23H26N4O3/c1-16-20(5-4-19-8-12-24-27(16)19)17-3-6-21-18(15-17)7-9-23(30-21)10-13-26(14-11-23)22(28)25-29-2/h3-6,8,12,15H,7,9-11,13-14H2,1-2H3,(H,25,28). The molecule has 2 aromatic heterocycles. The quantitative estimate of drug-likeness (QED) is 0.659. The van der Waals surface area contributed by atoms with Gasteiger partial charge in [0.25, 0.3) is 0 Å². The van der Waals surface area contributed by atoms with E-state index in [9.17, 15) is 4.79 Å². The molecular weight excluding hydrogens is 380 g/mol. The molecule has 0 unspecified atom stereocenters. The molecule has 1 fully saturated rings. The van der Waals surface area contributed by atoms with Gasteiger partial charge in [0.05, 0.1) is 12.6 Å². The number of carbonyl (C=O) groups is 1. The van der Waals surface area contributed by atoms with Gasteiger partial charge in [0, 0.05) is 43.4 Å². The first-order chi connectivity index (χ1) is 14.6. The van der Waals surface area contributed by atoms with E-state index in [1.807, 2.05) is 16.8 Å². The molecule has 0 bridgehead atoms. The van der Waals surface area contributed by atoms with E-state index >= 15 is 0 Å². The van der Waals surface area contributed by atoms with Crippen molar-refractivity contribution in [3.63, 3.8) is 0 Å². The summed E-state index contributed by atoms with van der Waals surface area (Å²) in [5.41, 5.74) is 8.08. The van der Waals surface area contributed by atoms with Crippen LogP contribution in [0.1, 0.15) is 30.5 Å². The minimum atomic E-state index is -0.183. The number of fused-ring (bicyclic) bond motifs is 2. The van der Waals surface area contributed by atoms with E-state index in [-0.39, 0.29) is 11.6 Å². The second kappa shape index (κ2) is 7.32. The molecule has 2 aliphatic rings. The number of hydrogen-bond acceptors (Lipinski definition) is 4. The van der Waals surface area contributed by atoms with Crippen LogP contribution in [-0.2, 0) is 11.3 Å². The Labute approximate surface area is 175 Å². The zero-order valence-corrected chi connectivity index (χ0v) is 17.4. The number of rotatable bonds is 2. The molecule has 4 heterocycles. The molecule has 1 N–H and O–H groups in total. The molecule has 2 amide bonds. The van der Waals surface area contributed by atoms with Crippen LogP contribution in [0.4, 0.5) is 4.79 Å². The maximum absolute atomic E-state index is 12.0. The van der Waals surface area contributed by atoms with E-state index in [1.54, 1.807) is 4.90 Å². The summed E-state index contributed by atoms with van der Waals surface area (Å²) in [7, 11) is 1.45. The van der Waals surface area contributed by atoms with Crippen molar-refractivity contribution in [1.29, 1.82) is 0 Å². The van der Waals surface area contributed by atoms with Gasteiger partial charge in [-0.05, 0) is 55.2 Å². The lowest BCUT2D eigenvalue weighted by Gasteiger charge is -2.44. The van der Waals surface area contributed by atoms with Gasteiger partial charge in [-0.1, -0.05) is 12.1 Å². The largest absolute Gasteiger partial charge is 0.487 e. The maximum Gasteiger partial charge on any atom is 0.341 e. The molecule has 0 saturated carbocycles. The molecule has 2 aliphatic heterocycles. The van der Waals surface area contributed by atoms with Crippen LogP contribution in [0.2, 0.25) is 0 Å². The number of piperidine rings is 1. The number of nitrogens with zero attached hydrogens (tertiary/aromatic N) is 3. The fourth-order valence-corrected chi connectivity index (χ4v) is 4.74. The number of amides is 2. The third-order valence-electron chi connectivity index (χ3n) is 6.50. The lowest BCUT2D eigenvalue weighted by atomic mass is 9.82. The average Bonchev–Trinajstić information content (AvgIpc) is 3.24. The second-order valence-corrected chi connectivity index (χ2v) is 8.21. The van der Waals surface area contributed by atoms with E-state index in [2.05, 4.69) is 47.8 Å². The predicted octanol–water partition coefficient (Wildman–Crippen LogP) is 3.74. The minimum Gasteiger partial charge on any atom is -0.487 e. The van der Waals surface area contributed by atoms with Crippen LogP contribution in [-0.4, -0.2) is 46.3 Å². The molecule has 7 heteroatoms. The second-order valence-electron chi connectivity index (χ2n) is 8.21. The van der Waals surface area contributed by atoms with Gasteiger partial charge in [0.15, 0.2) is 0 Å². The lowest BCUT2D eigenvalue weighted by molar-refractivity contribution is -0.0107. The molecule has 1 saturated heterocycles. The third-order valence-corrected chi connectivity index (χ3v) is 6.50. The van der Waals surface area contributed by atoms with Crippen molar-refractivity contribution >= 4 is 11.5 Å². The van der Waals surface area contributed by atoms with Crippen LogP contribution in [0.25, 0.3) is 16.6 Å². The summed E-state index contributed by atoms with van der Waals surface area (Å²) in [4.78, 5) is 18.5. The maximum atomic E-state index is 12.0. The number of nitrogens with one attached hydrogen (secondary N) is 1. The third kappa shape index (κ3) is 3.19. The monoisotopic (exact) mass is 406 g/mol. The van der Waals surface area contributed by atoms with Crippen molar-refractivity contribution < 1.29 is 14.4 Å². The molecule has 3 aromatic rings. The summed E-state index contributed by atoms with van der Waals surface area (Å²) in [5, 5.41) is 4.43. The highest BCUT2D eigenvalue weighted by Crippen LogP contribution is 2.41. The first kappa shape index (κ1) is 18.9. The number of benzene rings is 1. The Morgan fingerprint density at radius 2 is 2.00 bits per heavy atom. The van der Waals surface area contributed by atoms with Crippen molar-refractivity contribution in [2.75, 3.05) is 20.2 Å². The normalized spacial score (nSPS) is 17.6. The summed E-state index contributed by atoms with van der Waals surface area (Å²) in [6.07, 6.45) is 5.45. The van der Waals surface area contributed by atoms with Crippen LogP contribution >= 0.6 is 0 Å². The number of hydroxylamine groups is 1. The van der Waals surface area contributed by atoms with Crippen molar-refractivity contribution in [2.24, 2.45) is 0 Å². The van der Waals surface area contributed by atoms with Crippen LogP contribution in [0.3, 0.4) is 0 Å². The minimum absolute atomic E-state index is 0.178. The van der Waals surface area contributed by atoms with Gasteiger partial charge < -0.3 is 9.64 Å². The molecular formula is C23H26N4O3. The van der Waals surface area contributed by atoms with E-state index in [0.29, 0.717) is 13.1 Å². The van der Waals surface area contributed by atoms with E-state index in [1.165, 1.54) is 23.8 Å². The number of urea groups is 1. The Hall–Kier alpha value is -3.06. The topological polar surface area (TPSA) is 68.1 Å². The van der Waals surface area contributed by atoms with E-state index in [0.717, 1.165) is 42.6 Å². The van der Waals surface area contributed by atoms with Crippen molar-refractivity contribution in [1.82, 2.24) is 20.0 Å². The number of carbonyl (C=O) groups excluding carboxylic acids is 1. The Balaban J connectivity index is 1.35. The summed E-state index contributed by atoms with van der Waals surface area (Å²) < 4.78 is 8.50. The molecule has 1 spiro atoms. The number of hydrogen-bond donors (Lipinski definition) is 1. The number of aromatic nitrogens is 2. The molecule has 1 aromatic carbocycles. The van der Waals surface area contributed by atoms with Crippen LogP contribution in [0.5, 0.6) is 5.75 Å². The molecule has 5 rings (SSSR count). The van der Waals surface area contributed by atoms with Crippen LogP contribution in [0.15, 0.2) is 42.6 Å². The molecule has 0 atom stereocenters. The summed E-state index contributed by atoms with van der Waals surface area (Å²) in [6.45, 7) is 3.45. The Bertz CT molecular complexity index is 1100. The van der Waals surface area contributed by atoms with Gasteiger partial charge >= 0.3 is 6.03 Å². The van der Waals surface area contributed by atoms with Gasteiger partial charge in [-0.15, -0.1) is 0 Å². The SMILES string of the molecule is CONC(=O)N1CCC2(CCc3cc(-c4ccc5ccnn5c4C)ccc3O2)CC1. The zero-order valence-electron chi connectivity index (χ0n) is 17.4. The Morgan fingerprint density at radius 3 is 2.80 bits per heavy atom. The average molecular weight is 406 g/mol. The smallest absolute Gasteiger partial charge is 0.341 e. The van der Waals surface area contributed by atoms with E-state index < -0.39 is 0 Å². The first-order valence-electron chi connectivity index (χ1n) is 10.4. The number of likely N-dealkylation sites (tertiary alicyclic amines) is 1. The van der Waals surface area contributed by atoms with Gasteiger partial charge in [-0.25, -0.2) is 14.8 Å². The molecule has 0 radical (unpaired) electrons. The van der Waals surface area contributed by atoms with Crippen molar-refractivity contribution in [2.45, 2.75) is 38.2 Å². The van der Waals surface area contributed by atoms with Gasteiger partial charge in [0.2, 0.25) is 0 Å². The Kier molecular flexibility index (Phi) is 4.62.